The fraction of sp³-hybridized carbons (Fsp3) is 0.591. The Labute approximate surface area is 173 Å². The van der Waals surface area contributed by atoms with E-state index < -0.39 is 16.1 Å². The minimum absolute atomic E-state index is 0.107. The van der Waals surface area contributed by atoms with Gasteiger partial charge in [0, 0.05) is 23.2 Å². The van der Waals surface area contributed by atoms with Crippen LogP contribution >= 0.6 is 0 Å². The van der Waals surface area contributed by atoms with E-state index in [2.05, 4.69) is 34.9 Å². The van der Waals surface area contributed by atoms with Crippen molar-refractivity contribution in [1.29, 1.82) is 0 Å². The molecule has 1 aliphatic heterocycles. The molecule has 2 amide bonds. The lowest BCUT2D eigenvalue weighted by molar-refractivity contribution is 0.234. The average Bonchev–Trinajstić information content (AvgIpc) is 3.39. The molecule has 2 N–H and O–H groups in total. The van der Waals surface area contributed by atoms with Gasteiger partial charge >= 0.3 is 6.03 Å². The maximum Gasteiger partial charge on any atom is 0.333 e. The van der Waals surface area contributed by atoms with Crippen LogP contribution in [-0.4, -0.2) is 38.0 Å². The number of amides is 2. The van der Waals surface area contributed by atoms with Crippen LogP contribution in [-0.2, 0) is 35.7 Å². The zero-order valence-electron chi connectivity index (χ0n) is 17.3. The van der Waals surface area contributed by atoms with Gasteiger partial charge in [0.2, 0.25) is 0 Å². The van der Waals surface area contributed by atoms with Crippen molar-refractivity contribution in [3.05, 3.63) is 39.8 Å². The molecule has 2 aliphatic carbocycles. The largest absolute Gasteiger partial charge is 0.333 e. The van der Waals surface area contributed by atoms with Crippen LogP contribution < -0.4 is 10.0 Å². The number of nitrogens with one attached hydrogen (secondary N) is 2. The molecular formula is C22H31N3O3S. The van der Waals surface area contributed by atoms with Gasteiger partial charge in [-0.05, 0) is 94.0 Å². The Kier molecular flexibility index (Phi) is 5.71. The van der Waals surface area contributed by atoms with Crippen LogP contribution in [0.15, 0.2) is 17.6 Å². The predicted octanol–water partition coefficient (Wildman–Crippen LogP) is 3.50. The first-order valence-electron chi connectivity index (χ1n) is 10.8. The molecule has 0 spiro atoms. The fourth-order valence-electron chi connectivity index (χ4n) is 5.13. The van der Waals surface area contributed by atoms with Gasteiger partial charge < -0.3 is 5.32 Å². The Morgan fingerprint density at radius 2 is 1.76 bits per heavy atom. The Morgan fingerprint density at radius 3 is 2.38 bits per heavy atom. The monoisotopic (exact) mass is 417 g/mol. The van der Waals surface area contributed by atoms with Crippen LogP contribution in [0.1, 0.15) is 61.8 Å². The van der Waals surface area contributed by atoms with Gasteiger partial charge in [0.15, 0.2) is 0 Å². The number of fused-ring (bicyclic) bond motifs is 2. The smallest absolute Gasteiger partial charge is 0.307 e. The number of urea groups is 1. The number of carbonyl (C=O) groups excluding carboxylic acids is 1. The van der Waals surface area contributed by atoms with Crippen molar-refractivity contribution < 1.29 is 13.2 Å². The molecule has 1 atom stereocenters. The van der Waals surface area contributed by atoms with Gasteiger partial charge in [0.1, 0.15) is 0 Å². The van der Waals surface area contributed by atoms with Gasteiger partial charge in [-0.2, -0.15) is 0 Å². The molecule has 4 rings (SSSR count). The Bertz CT molecular complexity index is 905. The maximum absolute atomic E-state index is 12.6. The lowest BCUT2D eigenvalue weighted by Crippen LogP contribution is -2.36. The molecule has 0 bridgehead atoms. The van der Waals surface area contributed by atoms with Crippen LogP contribution in [0.4, 0.5) is 10.5 Å². The molecule has 1 saturated heterocycles. The van der Waals surface area contributed by atoms with E-state index in [1.165, 1.54) is 22.3 Å². The summed E-state index contributed by atoms with van der Waals surface area (Å²) in [5.41, 5.74) is 5.84. The molecule has 0 radical (unpaired) electrons. The number of hydrogen-bond acceptors (Lipinski definition) is 4. The minimum atomic E-state index is -3.83. The molecule has 7 heteroatoms. The second-order valence-corrected chi connectivity index (χ2v) is 10.3. The Hall–Kier alpha value is -1.86. The van der Waals surface area contributed by atoms with Crippen molar-refractivity contribution in [3.8, 4) is 0 Å². The first-order valence-corrected chi connectivity index (χ1v) is 12.3. The predicted molar refractivity (Wildman–Crippen MR) is 116 cm³/mol. The number of anilines is 1. The van der Waals surface area contributed by atoms with Crippen molar-refractivity contribution in [2.24, 2.45) is 0 Å². The summed E-state index contributed by atoms with van der Waals surface area (Å²) in [6.07, 6.45) is 9.84. The number of hydrogen-bond donors (Lipinski definition) is 2. The zero-order valence-corrected chi connectivity index (χ0v) is 18.1. The van der Waals surface area contributed by atoms with Crippen molar-refractivity contribution in [3.63, 3.8) is 0 Å². The molecule has 3 aliphatic rings. The summed E-state index contributed by atoms with van der Waals surface area (Å²) in [4.78, 5) is 14.8. The van der Waals surface area contributed by atoms with Crippen molar-refractivity contribution >= 4 is 21.7 Å². The molecular weight excluding hydrogens is 386 g/mol. The molecule has 0 aromatic heterocycles. The van der Waals surface area contributed by atoms with Crippen LogP contribution in [0.2, 0.25) is 0 Å². The van der Waals surface area contributed by atoms with E-state index in [0.29, 0.717) is 6.04 Å². The number of aryl methyl sites for hydroxylation is 2. The third-order valence-electron chi connectivity index (χ3n) is 6.43. The van der Waals surface area contributed by atoms with Gasteiger partial charge in [-0.1, -0.05) is 12.1 Å². The number of nitrogens with zero attached hydrogens (tertiary/aromatic N) is 1. The van der Waals surface area contributed by atoms with Gasteiger partial charge in [0.25, 0.3) is 10.0 Å². The van der Waals surface area contributed by atoms with E-state index in [-0.39, 0.29) is 6.04 Å². The molecule has 0 unspecified atom stereocenters. The van der Waals surface area contributed by atoms with E-state index in [4.69, 9.17) is 0 Å². The molecule has 158 valence electrons. The van der Waals surface area contributed by atoms with Gasteiger partial charge in [-0.15, -0.1) is 0 Å². The summed E-state index contributed by atoms with van der Waals surface area (Å²) in [6.45, 7) is 5.21. The Balaban J connectivity index is 1.46. The van der Waals surface area contributed by atoms with Crippen LogP contribution in [0.3, 0.4) is 0 Å². The second-order valence-electron chi connectivity index (χ2n) is 8.70. The van der Waals surface area contributed by atoms with E-state index in [9.17, 15) is 13.2 Å². The van der Waals surface area contributed by atoms with E-state index in [1.807, 2.05) is 0 Å². The Morgan fingerprint density at radius 1 is 1.10 bits per heavy atom. The second kappa shape index (κ2) is 8.11. The van der Waals surface area contributed by atoms with Gasteiger partial charge in [-0.3, -0.25) is 4.90 Å². The minimum Gasteiger partial charge on any atom is -0.307 e. The first kappa shape index (κ1) is 20.4. The molecule has 1 aromatic carbocycles. The highest BCUT2D eigenvalue weighted by molar-refractivity contribution is 7.92. The lowest BCUT2D eigenvalue weighted by atomic mass is 9.99. The van der Waals surface area contributed by atoms with Crippen LogP contribution in [0.5, 0.6) is 0 Å². The molecule has 1 heterocycles. The maximum atomic E-state index is 12.6. The highest BCUT2D eigenvalue weighted by Crippen LogP contribution is 2.38. The van der Waals surface area contributed by atoms with Crippen LogP contribution in [0, 0.1) is 0 Å². The van der Waals surface area contributed by atoms with Gasteiger partial charge in [0.05, 0.1) is 0 Å². The summed E-state index contributed by atoms with van der Waals surface area (Å²) in [5, 5.41) is 4.03. The fourth-order valence-corrected chi connectivity index (χ4v) is 5.89. The molecule has 0 saturated carbocycles. The number of sulfonamides is 1. The average molecular weight is 418 g/mol. The number of carbonyl (C=O) groups is 1. The SMILES string of the molecule is CC(C)N1CCC[C@@H]1/C=C\S(=O)(=O)NC(=O)Nc1c2c(cc3c1CCC3)CCC2. The quantitative estimate of drug-likeness (QED) is 0.769. The number of likely N-dealkylation sites (tertiary alicyclic amines) is 1. The third kappa shape index (κ3) is 4.36. The lowest BCUT2D eigenvalue weighted by Gasteiger charge is -2.25. The highest BCUT2D eigenvalue weighted by Gasteiger charge is 2.27. The van der Waals surface area contributed by atoms with Crippen molar-refractivity contribution in [2.45, 2.75) is 77.3 Å². The standard InChI is InChI=1S/C22H31N3O3S/c1-15(2)25-12-5-8-18(25)11-13-29(27,28)24-22(26)23-21-19-9-3-6-16(19)14-17-7-4-10-20(17)21/h11,13-15,18H,3-10,12H2,1-2H3,(H2,23,24,26)/b13-11-/t18-/m1/s1. The molecule has 6 nitrogen and oxygen atoms in total. The first-order chi connectivity index (χ1) is 13.8. The molecule has 1 fully saturated rings. The topological polar surface area (TPSA) is 78.5 Å². The number of benzene rings is 1. The van der Waals surface area contributed by atoms with E-state index in [0.717, 1.165) is 69.0 Å². The van der Waals surface area contributed by atoms with Gasteiger partial charge in [-0.25, -0.2) is 17.9 Å². The normalized spacial score (nSPS) is 21.7. The third-order valence-corrected chi connectivity index (χ3v) is 7.42. The summed E-state index contributed by atoms with van der Waals surface area (Å²) in [7, 11) is -3.83. The summed E-state index contributed by atoms with van der Waals surface area (Å²) < 4.78 is 27.1. The van der Waals surface area contributed by atoms with E-state index in [1.54, 1.807) is 6.08 Å². The zero-order chi connectivity index (χ0) is 20.6. The van der Waals surface area contributed by atoms with Crippen molar-refractivity contribution in [1.82, 2.24) is 9.62 Å². The summed E-state index contributed by atoms with van der Waals surface area (Å²) >= 11 is 0. The highest BCUT2D eigenvalue weighted by atomic mass is 32.2. The van der Waals surface area contributed by atoms with Crippen LogP contribution in [0.25, 0.3) is 0 Å². The summed E-state index contributed by atoms with van der Waals surface area (Å²) in [6, 6.07) is 2.09. The molecule has 29 heavy (non-hydrogen) atoms. The summed E-state index contributed by atoms with van der Waals surface area (Å²) in [5.74, 6) is 0. The van der Waals surface area contributed by atoms with E-state index >= 15 is 0 Å². The number of rotatable bonds is 5. The molecule has 1 aromatic rings. The van der Waals surface area contributed by atoms with Crippen molar-refractivity contribution in [2.75, 3.05) is 11.9 Å².